The summed E-state index contributed by atoms with van der Waals surface area (Å²) >= 11 is 0. The molecule has 1 amide bonds. The fourth-order valence-electron chi connectivity index (χ4n) is 4.18. The molecule has 7 heteroatoms. The molecule has 2 aromatic carbocycles. The highest BCUT2D eigenvalue weighted by molar-refractivity contribution is 6.04. The van der Waals surface area contributed by atoms with Gasteiger partial charge in [-0.3, -0.25) is 4.79 Å². The van der Waals surface area contributed by atoms with Crippen LogP contribution < -0.4 is 15.4 Å². The van der Waals surface area contributed by atoms with Gasteiger partial charge in [0.15, 0.2) is 0 Å². The van der Waals surface area contributed by atoms with Crippen molar-refractivity contribution in [2.45, 2.75) is 31.8 Å². The van der Waals surface area contributed by atoms with Gasteiger partial charge >= 0.3 is 0 Å². The second-order valence-electron chi connectivity index (χ2n) is 8.36. The fraction of sp³-hybridized carbons (Fsp3) is 0.458. The second kappa shape index (κ2) is 12.3. The van der Waals surface area contributed by atoms with Crippen LogP contribution in [0.4, 0.5) is 5.69 Å². The van der Waals surface area contributed by atoms with E-state index in [0.29, 0.717) is 11.5 Å². The molecule has 0 bridgehead atoms. The van der Waals surface area contributed by atoms with E-state index in [9.17, 15) is 4.79 Å². The maximum atomic E-state index is 12.7. The van der Waals surface area contributed by atoms with Crippen molar-refractivity contribution in [3.8, 4) is 5.75 Å². The number of likely N-dealkylation sites (tertiary alicyclic amines) is 1. The molecule has 5 nitrogen and oxygen atoms in total. The van der Waals surface area contributed by atoms with Crippen molar-refractivity contribution >= 4 is 36.4 Å². The zero-order valence-corrected chi connectivity index (χ0v) is 19.6. The van der Waals surface area contributed by atoms with Crippen LogP contribution in [0.1, 0.15) is 35.2 Å². The van der Waals surface area contributed by atoms with E-state index in [1.807, 2.05) is 42.5 Å². The molecule has 0 aromatic heterocycles. The van der Waals surface area contributed by atoms with E-state index in [1.165, 1.54) is 12.0 Å². The van der Waals surface area contributed by atoms with E-state index in [-0.39, 0.29) is 36.8 Å². The predicted molar refractivity (Wildman–Crippen MR) is 131 cm³/mol. The summed E-state index contributed by atoms with van der Waals surface area (Å²) in [6.07, 6.45) is 4.63. The summed E-state index contributed by atoms with van der Waals surface area (Å²) in [6, 6.07) is 15.7. The molecule has 1 atom stereocenters. The summed E-state index contributed by atoms with van der Waals surface area (Å²) in [4.78, 5) is 15.0. The summed E-state index contributed by atoms with van der Waals surface area (Å²) in [7, 11) is 2.15. The maximum Gasteiger partial charge on any atom is 0.255 e. The highest BCUT2D eigenvalue weighted by Crippen LogP contribution is 2.22. The van der Waals surface area contributed by atoms with Gasteiger partial charge in [-0.15, -0.1) is 24.8 Å². The number of carbonyl (C=O) groups is 1. The molecule has 170 valence electrons. The molecule has 31 heavy (non-hydrogen) atoms. The van der Waals surface area contributed by atoms with Crippen LogP contribution in [0.15, 0.2) is 48.5 Å². The summed E-state index contributed by atoms with van der Waals surface area (Å²) in [5, 5.41) is 6.41. The van der Waals surface area contributed by atoms with Gasteiger partial charge in [0.1, 0.15) is 11.9 Å². The lowest BCUT2D eigenvalue weighted by Gasteiger charge is -2.29. The smallest absolute Gasteiger partial charge is 0.255 e. The molecule has 4 rings (SSSR count). The zero-order valence-electron chi connectivity index (χ0n) is 18.0. The molecule has 2 saturated heterocycles. The Kier molecular flexibility index (Phi) is 10.1. The molecule has 1 unspecified atom stereocenters. The molecular weight excluding hydrogens is 433 g/mol. The topological polar surface area (TPSA) is 53.6 Å². The molecule has 2 aromatic rings. The SMILES string of the molecule is CN1CCC(Oc2ccc(NC(=O)c3cccc(CC4CCNC4)c3)cc2)CC1.Cl.Cl. The Morgan fingerprint density at radius 3 is 2.52 bits per heavy atom. The first-order valence-electron chi connectivity index (χ1n) is 10.7. The van der Waals surface area contributed by atoms with Gasteiger partial charge in [-0.25, -0.2) is 0 Å². The Labute approximate surface area is 197 Å². The van der Waals surface area contributed by atoms with Crippen molar-refractivity contribution < 1.29 is 9.53 Å². The van der Waals surface area contributed by atoms with Gasteiger partial charge in [-0.05, 0) is 93.7 Å². The van der Waals surface area contributed by atoms with Crippen molar-refractivity contribution in [2.24, 2.45) is 5.92 Å². The Balaban J connectivity index is 0.00000171. The van der Waals surface area contributed by atoms with Crippen molar-refractivity contribution in [3.63, 3.8) is 0 Å². The number of hydrogen-bond acceptors (Lipinski definition) is 4. The van der Waals surface area contributed by atoms with Crippen LogP contribution in [0, 0.1) is 5.92 Å². The molecule has 0 saturated carbocycles. The number of anilines is 1. The lowest BCUT2D eigenvalue weighted by atomic mass is 9.97. The number of nitrogens with zero attached hydrogens (tertiary/aromatic N) is 1. The largest absolute Gasteiger partial charge is 0.490 e. The summed E-state index contributed by atoms with van der Waals surface area (Å²) in [5.74, 6) is 1.47. The summed E-state index contributed by atoms with van der Waals surface area (Å²) < 4.78 is 6.08. The molecule has 2 aliphatic heterocycles. The third-order valence-corrected chi connectivity index (χ3v) is 5.96. The lowest BCUT2D eigenvalue weighted by molar-refractivity contribution is 0.102. The number of amides is 1. The normalized spacial score (nSPS) is 19.2. The zero-order chi connectivity index (χ0) is 20.1. The lowest BCUT2D eigenvalue weighted by Crippen LogP contribution is -2.35. The van der Waals surface area contributed by atoms with Crippen LogP contribution in [0.25, 0.3) is 0 Å². The van der Waals surface area contributed by atoms with E-state index in [0.717, 1.165) is 56.9 Å². The number of rotatable bonds is 6. The van der Waals surface area contributed by atoms with Crippen molar-refractivity contribution in [3.05, 3.63) is 59.7 Å². The van der Waals surface area contributed by atoms with Crippen LogP contribution in [0.5, 0.6) is 5.75 Å². The van der Waals surface area contributed by atoms with E-state index < -0.39 is 0 Å². The average Bonchev–Trinajstić information content (AvgIpc) is 3.24. The first-order valence-corrected chi connectivity index (χ1v) is 10.7. The highest BCUT2D eigenvalue weighted by atomic mass is 35.5. The van der Waals surface area contributed by atoms with Crippen LogP contribution in [-0.2, 0) is 6.42 Å². The number of benzene rings is 2. The molecule has 0 aliphatic carbocycles. The molecule has 2 N–H and O–H groups in total. The average molecular weight is 466 g/mol. The van der Waals surface area contributed by atoms with E-state index in [4.69, 9.17) is 4.74 Å². The van der Waals surface area contributed by atoms with Crippen molar-refractivity contribution in [2.75, 3.05) is 38.5 Å². The molecule has 2 fully saturated rings. The Morgan fingerprint density at radius 1 is 1.10 bits per heavy atom. The van der Waals surface area contributed by atoms with Gasteiger partial charge in [-0.2, -0.15) is 0 Å². The first kappa shape index (κ1) is 25.5. The number of halogens is 2. The predicted octanol–water partition coefficient (Wildman–Crippen LogP) is 4.41. The van der Waals surface area contributed by atoms with Crippen molar-refractivity contribution in [1.29, 1.82) is 0 Å². The second-order valence-corrected chi connectivity index (χ2v) is 8.36. The quantitative estimate of drug-likeness (QED) is 0.663. The Hall–Kier alpha value is -1.79. The standard InChI is InChI=1S/C24H31N3O2.2ClH/c1-27-13-10-23(11-14-27)29-22-7-5-21(6-8-22)26-24(28)20-4-2-3-18(16-20)15-19-9-12-25-17-19;;/h2-8,16,19,23,25H,9-15,17H2,1H3,(H,26,28);2*1H. The van der Waals surface area contributed by atoms with Gasteiger partial charge in [0, 0.05) is 24.3 Å². The van der Waals surface area contributed by atoms with Gasteiger partial charge < -0.3 is 20.3 Å². The number of ether oxygens (including phenoxy) is 1. The molecule has 2 heterocycles. The van der Waals surface area contributed by atoms with Gasteiger partial charge in [0.25, 0.3) is 5.91 Å². The summed E-state index contributed by atoms with van der Waals surface area (Å²) in [6.45, 7) is 4.33. The van der Waals surface area contributed by atoms with Crippen LogP contribution in [-0.4, -0.2) is 50.1 Å². The van der Waals surface area contributed by atoms with Crippen molar-refractivity contribution in [1.82, 2.24) is 10.2 Å². The highest BCUT2D eigenvalue weighted by Gasteiger charge is 2.18. The number of carbonyl (C=O) groups excluding carboxylic acids is 1. The monoisotopic (exact) mass is 465 g/mol. The summed E-state index contributed by atoms with van der Waals surface area (Å²) in [5.41, 5.74) is 2.73. The third kappa shape index (κ3) is 7.39. The van der Waals surface area contributed by atoms with Gasteiger partial charge in [0.2, 0.25) is 0 Å². The first-order chi connectivity index (χ1) is 14.2. The van der Waals surface area contributed by atoms with Crippen LogP contribution in [0.3, 0.4) is 0 Å². The maximum absolute atomic E-state index is 12.7. The van der Waals surface area contributed by atoms with Gasteiger partial charge in [0.05, 0.1) is 0 Å². The van der Waals surface area contributed by atoms with Crippen LogP contribution >= 0.6 is 24.8 Å². The number of nitrogens with one attached hydrogen (secondary N) is 2. The fourth-order valence-corrected chi connectivity index (χ4v) is 4.18. The number of piperidine rings is 1. The molecule has 2 aliphatic rings. The third-order valence-electron chi connectivity index (χ3n) is 5.96. The minimum absolute atomic E-state index is 0. The van der Waals surface area contributed by atoms with E-state index in [1.54, 1.807) is 0 Å². The Bertz CT molecular complexity index is 818. The minimum atomic E-state index is -0.0691. The van der Waals surface area contributed by atoms with E-state index in [2.05, 4.69) is 28.6 Å². The van der Waals surface area contributed by atoms with Crippen LogP contribution in [0.2, 0.25) is 0 Å². The Morgan fingerprint density at radius 2 is 1.84 bits per heavy atom. The minimum Gasteiger partial charge on any atom is -0.490 e. The molecular formula is C24H33Cl2N3O2. The number of hydrogen-bond donors (Lipinski definition) is 2. The molecule has 0 radical (unpaired) electrons. The molecule has 0 spiro atoms. The van der Waals surface area contributed by atoms with E-state index >= 15 is 0 Å². The van der Waals surface area contributed by atoms with Gasteiger partial charge in [-0.1, -0.05) is 12.1 Å².